The molecule has 1 aromatic heterocycles. The summed E-state index contributed by atoms with van der Waals surface area (Å²) in [6, 6.07) is 0. The Morgan fingerprint density at radius 2 is 2.38 bits per heavy atom. The Labute approximate surface area is 98.3 Å². The molecule has 0 unspecified atom stereocenters. The molecule has 0 aliphatic rings. The number of ether oxygens (including phenoxy) is 1. The summed E-state index contributed by atoms with van der Waals surface area (Å²) in [5.41, 5.74) is 5.57. The second-order valence-corrected chi connectivity index (χ2v) is 3.91. The third-order valence-corrected chi connectivity index (χ3v) is 2.66. The van der Waals surface area contributed by atoms with Gasteiger partial charge >= 0.3 is 0 Å². The molecule has 4 N–H and O–H groups in total. The molecule has 0 fully saturated rings. The highest BCUT2D eigenvalue weighted by atomic mass is 32.1. The first-order valence-electron chi connectivity index (χ1n) is 4.98. The van der Waals surface area contributed by atoms with Crippen LogP contribution in [0.3, 0.4) is 0 Å². The predicted octanol–water partition coefficient (Wildman–Crippen LogP) is 0.672. The molecule has 0 saturated heterocycles. The van der Waals surface area contributed by atoms with Crippen LogP contribution in [-0.2, 0) is 4.79 Å². The van der Waals surface area contributed by atoms with Gasteiger partial charge in [-0.2, -0.15) is 4.37 Å². The maximum Gasteiger partial charge on any atom is 0.239 e. The van der Waals surface area contributed by atoms with Gasteiger partial charge < -0.3 is 21.1 Å². The first kappa shape index (κ1) is 12.6. The van der Waals surface area contributed by atoms with E-state index in [1.807, 2.05) is 6.92 Å². The summed E-state index contributed by atoms with van der Waals surface area (Å²) < 4.78 is 8.99. The van der Waals surface area contributed by atoms with Gasteiger partial charge in [0.25, 0.3) is 0 Å². The lowest BCUT2D eigenvalue weighted by molar-refractivity contribution is -0.119. The van der Waals surface area contributed by atoms with Gasteiger partial charge in [0, 0.05) is 6.54 Å². The van der Waals surface area contributed by atoms with Gasteiger partial charge in [-0.25, -0.2) is 0 Å². The summed E-state index contributed by atoms with van der Waals surface area (Å²) in [5, 5.41) is 6.36. The highest BCUT2D eigenvalue weighted by molar-refractivity contribution is 7.11. The zero-order valence-electron chi connectivity index (χ0n) is 9.37. The van der Waals surface area contributed by atoms with Crippen LogP contribution in [0.1, 0.15) is 13.3 Å². The number of hydrogen-bond acceptors (Lipinski definition) is 6. The molecule has 0 spiro atoms. The van der Waals surface area contributed by atoms with Gasteiger partial charge in [0.05, 0.1) is 13.7 Å². The maximum absolute atomic E-state index is 11.3. The Bertz CT molecular complexity index is 353. The van der Waals surface area contributed by atoms with Crippen molar-refractivity contribution in [3.05, 3.63) is 0 Å². The second kappa shape index (κ2) is 6.16. The number of carbonyl (C=O) groups excluding carboxylic acids is 1. The summed E-state index contributed by atoms with van der Waals surface area (Å²) >= 11 is 1.18. The fraction of sp³-hybridized carbons (Fsp3) is 0.556. The molecule has 1 heterocycles. The van der Waals surface area contributed by atoms with E-state index in [0.29, 0.717) is 23.1 Å². The van der Waals surface area contributed by atoms with Crippen molar-refractivity contribution in [1.29, 1.82) is 0 Å². The molecule has 16 heavy (non-hydrogen) atoms. The largest absolute Gasteiger partial charge is 0.490 e. The molecule has 7 heteroatoms. The van der Waals surface area contributed by atoms with E-state index in [4.69, 9.17) is 10.5 Å². The van der Waals surface area contributed by atoms with E-state index in [1.165, 1.54) is 18.6 Å². The number of nitrogens with one attached hydrogen (secondary N) is 2. The molecule has 0 radical (unpaired) electrons. The number of carbonyl (C=O) groups is 1. The molecular weight excluding hydrogens is 228 g/mol. The van der Waals surface area contributed by atoms with Crippen molar-refractivity contribution in [3.8, 4) is 5.75 Å². The summed E-state index contributed by atoms with van der Waals surface area (Å²) in [5.74, 6) is 0.771. The van der Waals surface area contributed by atoms with E-state index in [1.54, 1.807) is 0 Å². The minimum atomic E-state index is -0.0594. The number of aromatic nitrogens is 1. The van der Waals surface area contributed by atoms with E-state index >= 15 is 0 Å². The lowest BCUT2D eigenvalue weighted by atomic mass is 10.4. The molecule has 0 atom stereocenters. The quantitative estimate of drug-likeness (QED) is 0.684. The van der Waals surface area contributed by atoms with Crippen molar-refractivity contribution in [1.82, 2.24) is 9.69 Å². The highest BCUT2D eigenvalue weighted by Crippen LogP contribution is 2.34. The molecule has 1 rings (SSSR count). The van der Waals surface area contributed by atoms with Crippen LogP contribution in [0, 0.1) is 0 Å². The van der Waals surface area contributed by atoms with E-state index in [9.17, 15) is 4.79 Å². The SMILES string of the molecule is CCCNC(=O)CNc1snc(N)c1OC. The topological polar surface area (TPSA) is 89.3 Å². The smallest absolute Gasteiger partial charge is 0.239 e. The fourth-order valence-electron chi connectivity index (χ4n) is 1.09. The van der Waals surface area contributed by atoms with Gasteiger partial charge in [0.15, 0.2) is 16.6 Å². The molecule has 0 aliphatic carbocycles. The van der Waals surface area contributed by atoms with Crippen molar-refractivity contribution in [2.45, 2.75) is 13.3 Å². The molecule has 0 bridgehead atoms. The van der Waals surface area contributed by atoms with Gasteiger partial charge in [-0.3, -0.25) is 4.79 Å². The van der Waals surface area contributed by atoms with Crippen LogP contribution < -0.4 is 21.1 Å². The van der Waals surface area contributed by atoms with Crippen molar-refractivity contribution >= 4 is 28.3 Å². The number of nitrogens with two attached hydrogens (primary N) is 1. The monoisotopic (exact) mass is 244 g/mol. The standard InChI is InChI=1S/C9H16N4O2S/c1-3-4-11-6(14)5-12-9-7(15-2)8(10)13-16-9/h12H,3-5H2,1-2H3,(H2,10,13)(H,11,14). The highest BCUT2D eigenvalue weighted by Gasteiger charge is 2.12. The fourth-order valence-corrected chi connectivity index (χ4v) is 1.77. The number of rotatable bonds is 6. The zero-order chi connectivity index (χ0) is 12.0. The van der Waals surface area contributed by atoms with Crippen molar-refractivity contribution in [3.63, 3.8) is 0 Å². The Morgan fingerprint density at radius 3 is 3.00 bits per heavy atom. The molecular formula is C9H16N4O2S. The number of nitrogen functional groups attached to an aromatic ring is 1. The lowest BCUT2D eigenvalue weighted by Crippen LogP contribution is -2.30. The third-order valence-electron chi connectivity index (χ3n) is 1.86. The van der Waals surface area contributed by atoms with Crippen molar-refractivity contribution in [2.75, 3.05) is 31.2 Å². The Balaban J connectivity index is 2.45. The van der Waals surface area contributed by atoms with Crippen LogP contribution in [0.25, 0.3) is 0 Å². The van der Waals surface area contributed by atoms with Crippen LogP contribution >= 0.6 is 11.5 Å². The number of anilines is 2. The van der Waals surface area contributed by atoms with E-state index in [-0.39, 0.29) is 12.5 Å². The van der Waals surface area contributed by atoms with Crippen LogP contribution in [0.2, 0.25) is 0 Å². The van der Waals surface area contributed by atoms with Crippen LogP contribution in [0.4, 0.5) is 10.8 Å². The number of nitrogens with zero attached hydrogens (tertiary/aromatic N) is 1. The average molecular weight is 244 g/mol. The maximum atomic E-state index is 11.3. The van der Waals surface area contributed by atoms with Crippen molar-refractivity contribution < 1.29 is 9.53 Å². The van der Waals surface area contributed by atoms with Crippen LogP contribution in [-0.4, -0.2) is 30.5 Å². The van der Waals surface area contributed by atoms with E-state index in [2.05, 4.69) is 15.0 Å². The van der Waals surface area contributed by atoms with Gasteiger partial charge in [0.2, 0.25) is 5.91 Å². The van der Waals surface area contributed by atoms with Crippen LogP contribution in [0.15, 0.2) is 0 Å². The first-order chi connectivity index (χ1) is 7.69. The molecule has 6 nitrogen and oxygen atoms in total. The third kappa shape index (κ3) is 3.27. The normalized spacial score (nSPS) is 9.88. The lowest BCUT2D eigenvalue weighted by Gasteiger charge is -2.06. The summed E-state index contributed by atoms with van der Waals surface area (Å²) in [4.78, 5) is 11.3. The minimum absolute atomic E-state index is 0.0594. The van der Waals surface area contributed by atoms with E-state index in [0.717, 1.165) is 6.42 Å². The Kier molecular flexibility index (Phi) is 4.84. The molecule has 0 aromatic carbocycles. The zero-order valence-corrected chi connectivity index (χ0v) is 10.2. The summed E-state index contributed by atoms with van der Waals surface area (Å²) in [6.45, 7) is 2.88. The van der Waals surface area contributed by atoms with Gasteiger partial charge in [0.1, 0.15) is 0 Å². The van der Waals surface area contributed by atoms with Gasteiger partial charge in [-0.15, -0.1) is 0 Å². The molecule has 0 saturated carbocycles. The summed E-state index contributed by atoms with van der Waals surface area (Å²) in [7, 11) is 1.52. The number of hydrogen-bond donors (Lipinski definition) is 3. The predicted molar refractivity (Wildman–Crippen MR) is 64.9 cm³/mol. The number of methoxy groups -OCH3 is 1. The first-order valence-corrected chi connectivity index (χ1v) is 5.76. The minimum Gasteiger partial charge on any atom is -0.490 e. The molecule has 1 aromatic rings. The van der Waals surface area contributed by atoms with Crippen LogP contribution in [0.5, 0.6) is 5.75 Å². The Hall–Kier alpha value is -1.50. The second-order valence-electron chi connectivity index (χ2n) is 3.13. The molecule has 90 valence electrons. The van der Waals surface area contributed by atoms with Gasteiger partial charge in [-0.05, 0) is 18.0 Å². The Morgan fingerprint density at radius 1 is 1.62 bits per heavy atom. The average Bonchev–Trinajstić information content (AvgIpc) is 2.64. The molecule has 0 aliphatic heterocycles. The van der Waals surface area contributed by atoms with Gasteiger partial charge in [-0.1, -0.05) is 6.92 Å². The molecule has 1 amide bonds. The number of amides is 1. The van der Waals surface area contributed by atoms with Crippen molar-refractivity contribution in [2.24, 2.45) is 0 Å². The summed E-state index contributed by atoms with van der Waals surface area (Å²) in [6.07, 6.45) is 0.919. The van der Waals surface area contributed by atoms with E-state index < -0.39 is 0 Å².